The van der Waals surface area contributed by atoms with Gasteiger partial charge in [0.05, 0.1) is 11.0 Å². The molecule has 2 aromatic carbocycles. The Hall–Kier alpha value is -4.02. The molecule has 38 heavy (non-hydrogen) atoms. The molecule has 1 spiro atoms. The van der Waals surface area contributed by atoms with Crippen LogP contribution in [0.15, 0.2) is 42.5 Å². The number of fused-ring (bicyclic) bond motifs is 4. The number of urea groups is 1. The van der Waals surface area contributed by atoms with Crippen LogP contribution in [0.5, 0.6) is 0 Å². The minimum Gasteiger partial charge on any atom is -0.368 e. The van der Waals surface area contributed by atoms with Gasteiger partial charge in [-0.3, -0.25) is 29.5 Å². The van der Waals surface area contributed by atoms with E-state index >= 15 is 0 Å². The van der Waals surface area contributed by atoms with E-state index in [9.17, 15) is 28.9 Å². The van der Waals surface area contributed by atoms with Gasteiger partial charge in [0.25, 0.3) is 5.69 Å². The smallest absolute Gasteiger partial charge is 0.333 e. The molecule has 2 saturated heterocycles. The van der Waals surface area contributed by atoms with Crippen LogP contribution in [-0.2, 0) is 16.0 Å². The number of anilines is 2. The molecule has 2 fully saturated rings. The van der Waals surface area contributed by atoms with Crippen molar-refractivity contribution in [3.63, 3.8) is 0 Å². The molecule has 4 amide bonds. The summed E-state index contributed by atoms with van der Waals surface area (Å²) < 4.78 is 13.6. The molecular formula is C27H30FN5O5. The summed E-state index contributed by atoms with van der Waals surface area (Å²) in [4.78, 5) is 59.2. The summed E-state index contributed by atoms with van der Waals surface area (Å²) in [5.41, 5.74) is 0.281. The lowest BCUT2D eigenvalue weighted by atomic mass is 9.67. The molecule has 5 rings (SSSR count). The van der Waals surface area contributed by atoms with Gasteiger partial charge < -0.3 is 9.80 Å². The fourth-order valence-electron chi connectivity index (χ4n) is 6.08. The van der Waals surface area contributed by atoms with E-state index < -0.39 is 34.2 Å². The van der Waals surface area contributed by atoms with Gasteiger partial charge in [-0.1, -0.05) is 13.8 Å². The van der Waals surface area contributed by atoms with Gasteiger partial charge in [0.2, 0.25) is 11.8 Å². The first kappa shape index (κ1) is 25.6. The molecule has 0 bridgehead atoms. The number of nitro benzene ring substituents is 1. The molecule has 200 valence electrons. The van der Waals surface area contributed by atoms with Gasteiger partial charge in [-0.15, -0.1) is 0 Å². The van der Waals surface area contributed by atoms with Gasteiger partial charge in [-0.05, 0) is 48.7 Å². The Bertz CT molecular complexity index is 1270. The van der Waals surface area contributed by atoms with Crippen molar-refractivity contribution in [2.75, 3.05) is 42.5 Å². The van der Waals surface area contributed by atoms with Crippen molar-refractivity contribution in [2.24, 2.45) is 5.41 Å². The van der Waals surface area contributed by atoms with E-state index in [1.165, 1.54) is 34.1 Å². The molecule has 0 unspecified atom stereocenters. The first-order chi connectivity index (χ1) is 18.2. The molecule has 0 N–H and O–H groups in total. The second-order valence-electron chi connectivity index (χ2n) is 10.0. The van der Waals surface area contributed by atoms with Gasteiger partial charge in [-0.25, -0.2) is 9.18 Å². The van der Waals surface area contributed by atoms with E-state index in [4.69, 9.17) is 0 Å². The normalized spacial score (nSPS) is 20.6. The maximum absolute atomic E-state index is 14.3. The van der Waals surface area contributed by atoms with Gasteiger partial charge >= 0.3 is 6.03 Å². The zero-order valence-electron chi connectivity index (χ0n) is 21.4. The minimum atomic E-state index is -1.64. The predicted molar refractivity (Wildman–Crippen MR) is 138 cm³/mol. The number of rotatable bonds is 6. The summed E-state index contributed by atoms with van der Waals surface area (Å²) in [6.45, 7) is 5.31. The van der Waals surface area contributed by atoms with Crippen molar-refractivity contribution in [3.8, 4) is 0 Å². The highest BCUT2D eigenvalue weighted by atomic mass is 19.1. The summed E-state index contributed by atoms with van der Waals surface area (Å²) in [6.07, 6.45) is 1.01. The number of nitro groups is 1. The van der Waals surface area contributed by atoms with E-state index in [-0.39, 0.29) is 37.6 Å². The molecule has 2 aromatic rings. The fraction of sp³-hybridized carbons (Fsp3) is 0.444. The Morgan fingerprint density at radius 2 is 1.61 bits per heavy atom. The van der Waals surface area contributed by atoms with E-state index in [0.29, 0.717) is 31.5 Å². The average Bonchev–Trinajstić information content (AvgIpc) is 2.92. The highest BCUT2D eigenvalue weighted by Gasteiger charge is 2.64. The number of imide groups is 2. The molecule has 10 nitrogen and oxygen atoms in total. The van der Waals surface area contributed by atoms with Crippen molar-refractivity contribution >= 4 is 34.9 Å². The van der Waals surface area contributed by atoms with E-state index in [1.807, 2.05) is 23.6 Å². The van der Waals surface area contributed by atoms with Crippen molar-refractivity contribution in [3.05, 3.63) is 64.0 Å². The largest absolute Gasteiger partial charge is 0.368 e. The molecule has 0 radical (unpaired) electrons. The monoisotopic (exact) mass is 523 g/mol. The number of carbonyl (C=O) groups excluding carboxylic acids is 3. The van der Waals surface area contributed by atoms with Crippen molar-refractivity contribution in [2.45, 2.75) is 39.2 Å². The van der Waals surface area contributed by atoms with E-state index in [0.717, 1.165) is 11.4 Å². The van der Waals surface area contributed by atoms with Crippen LogP contribution in [-0.4, -0.2) is 71.3 Å². The number of hydrogen-bond acceptors (Lipinski definition) is 7. The number of carbonyl (C=O) groups is 3. The number of barbiturate groups is 1. The fourth-order valence-corrected chi connectivity index (χ4v) is 6.08. The van der Waals surface area contributed by atoms with Crippen molar-refractivity contribution in [1.82, 2.24) is 9.80 Å². The number of nitrogens with zero attached hydrogens (tertiary/aromatic N) is 5. The summed E-state index contributed by atoms with van der Waals surface area (Å²) in [6, 6.07) is 9.36. The molecule has 3 heterocycles. The van der Waals surface area contributed by atoms with Crippen LogP contribution in [0.4, 0.5) is 26.2 Å². The summed E-state index contributed by atoms with van der Waals surface area (Å²) in [7, 11) is 0. The average molecular weight is 524 g/mol. The Kier molecular flexibility index (Phi) is 6.54. The maximum Gasteiger partial charge on any atom is 0.333 e. The quantitative estimate of drug-likeness (QED) is 0.324. The molecule has 0 saturated carbocycles. The van der Waals surface area contributed by atoms with Gasteiger partial charge in [0, 0.05) is 62.7 Å². The van der Waals surface area contributed by atoms with Crippen LogP contribution in [0.25, 0.3) is 0 Å². The highest BCUT2D eigenvalue weighted by molar-refractivity contribution is 6.20. The predicted octanol–water partition coefficient (Wildman–Crippen LogP) is 3.58. The van der Waals surface area contributed by atoms with Crippen LogP contribution in [0, 0.1) is 21.3 Å². The Morgan fingerprint density at radius 3 is 2.18 bits per heavy atom. The number of benzene rings is 2. The molecule has 11 heteroatoms. The third-order valence-electron chi connectivity index (χ3n) is 7.80. The van der Waals surface area contributed by atoms with Crippen LogP contribution >= 0.6 is 0 Å². The lowest BCUT2D eigenvalue weighted by molar-refractivity contribution is -0.384. The van der Waals surface area contributed by atoms with Crippen LogP contribution in [0.3, 0.4) is 0 Å². The highest BCUT2D eigenvalue weighted by Crippen LogP contribution is 2.48. The number of piperazine rings is 1. The van der Waals surface area contributed by atoms with Gasteiger partial charge in [-0.2, -0.15) is 0 Å². The third kappa shape index (κ3) is 3.88. The minimum absolute atomic E-state index is 0.0478. The van der Waals surface area contributed by atoms with E-state index in [2.05, 4.69) is 0 Å². The number of non-ortho nitro benzene ring substituents is 1. The van der Waals surface area contributed by atoms with Gasteiger partial charge in [0.15, 0.2) is 5.41 Å². The summed E-state index contributed by atoms with van der Waals surface area (Å²) in [5, 5.41) is 11.6. The second-order valence-corrected chi connectivity index (χ2v) is 10.0. The van der Waals surface area contributed by atoms with E-state index in [1.54, 1.807) is 18.2 Å². The molecular weight excluding hydrogens is 493 g/mol. The molecule has 0 aliphatic carbocycles. The van der Waals surface area contributed by atoms with Crippen LogP contribution in [0.2, 0.25) is 0 Å². The summed E-state index contributed by atoms with van der Waals surface area (Å²) in [5.74, 6) is -1.48. The first-order valence-corrected chi connectivity index (χ1v) is 12.9. The maximum atomic E-state index is 14.3. The van der Waals surface area contributed by atoms with Crippen molar-refractivity contribution in [1.29, 1.82) is 0 Å². The zero-order valence-corrected chi connectivity index (χ0v) is 21.4. The number of hydrogen-bond donors (Lipinski definition) is 0. The third-order valence-corrected chi connectivity index (χ3v) is 7.80. The van der Waals surface area contributed by atoms with Gasteiger partial charge in [0.1, 0.15) is 5.82 Å². The standard InChI is InChI=1S/C27H30FN5O5/c1-3-11-31-24(34)27(25(35)32(12-4-2)26(31)36)16-18-15-21(33(37)38)9-10-22(18)30-14-13-29(17-23(27)30)20-7-5-19(28)6-8-20/h5-10,15,23H,3-4,11-14,16-17H2,1-2H3/t23-/m1/s1. The zero-order chi connectivity index (χ0) is 27.2. The molecule has 1 atom stereocenters. The molecule has 3 aliphatic rings. The number of amides is 4. The Balaban J connectivity index is 1.67. The SMILES string of the molecule is CCCN1C(=O)N(CCC)C(=O)C2(Cc3cc([N+](=O)[O-])ccc3N3CCN(c4ccc(F)cc4)C[C@@H]32)C1=O. The Morgan fingerprint density at radius 1 is 0.974 bits per heavy atom. The summed E-state index contributed by atoms with van der Waals surface area (Å²) >= 11 is 0. The lowest BCUT2D eigenvalue weighted by Gasteiger charge is -2.57. The molecule has 0 aromatic heterocycles. The lowest BCUT2D eigenvalue weighted by Crippen LogP contribution is -2.75. The van der Waals surface area contributed by atoms with Crippen LogP contribution in [0.1, 0.15) is 32.3 Å². The number of halogens is 1. The van der Waals surface area contributed by atoms with Crippen molar-refractivity contribution < 1.29 is 23.7 Å². The topological polar surface area (TPSA) is 107 Å². The second kappa shape index (κ2) is 9.70. The first-order valence-electron chi connectivity index (χ1n) is 12.9. The molecule has 3 aliphatic heterocycles. The Labute approximate surface area is 219 Å². The van der Waals surface area contributed by atoms with Crippen LogP contribution < -0.4 is 9.80 Å².